The number of carbonyl (C=O) groups excluding carboxylic acids is 1. The molecular weight excluding hydrogens is 384 g/mol. The van der Waals surface area contributed by atoms with Gasteiger partial charge in [-0.15, -0.1) is 0 Å². The predicted octanol–water partition coefficient (Wildman–Crippen LogP) is 4.41. The lowest BCUT2D eigenvalue weighted by Crippen LogP contribution is -2.25. The van der Waals surface area contributed by atoms with Crippen LogP contribution in [0.15, 0.2) is 42.5 Å². The van der Waals surface area contributed by atoms with Crippen molar-refractivity contribution >= 4 is 28.5 Å². The summed E-state index contributed by atoms with van der Waals surface area (Å²) in [6.07, 6.45) is -0.702. The Kier molecular flexibility index (Phi) is 6.16. The van der Waals surface area contributed by atoms with Crippen molar-refractivity contribution in [2.24, 2.45) is 0 Å². The van der Waals surface area contributed by atoms with Crippen LogP contribution in [-0.2, 0) is 9.53 Å². The van der Waals surface area contributed by atoms with Crippen molar-refractivity contribution in [3.63, 3.8) is 0 Å². The Morgan fingerprint density at radius 1 is 1.11 bits per heavy atom. The molecule has 1 atom stereocenters. The summed E-state index contributed by atoms with van der Waals surface area (Å²) < 4.78 is 21.5. The van der Waals surface area contributed by atoms with E-state index in [2.05, 4.69) is 9.97 Å². The summed E-state index contributed by atoms with van der Waals surface area (Å²) in [6, 6.07) is 12.1. The zero-order valence-corrected chi connectivity index (χ0v) is 16.4. The molecule has 8 heteroatoms. The van der Waals surface area contributed by atoms with E-state index in [0.29, 0.717) is 39.9 Å². The first-order chi connectivity index (χ1) is 13.5. The highest BCUT2D eigenvalue weighted by molar-refractivity contribution is 6.31. The van der Waals surface area contributed by atoms with Crippen molar-refractivity contribution in [2.75, 3.05) is 13.7 Å². The van der Waals surface area contributed by atoms with Crippen LogP contribution in [0.2, 0.25) is 5.02 Å². The predicted molar refractivity (Wildman–Crippen MR) is 104 cm³/mol. The third-order valence-corrected chi connectivity index (χ3v) is 3.99. The fraction of sp³-hybridized carbons (Fsp3) is 0.250. The van der Waals surface area contributed by atoms with E-state index in [1.54, 1.807) is 56.3 Å². The largest absolute Gasteiger partial charge is 0.480 e. The van der Waals surface area contributed by atoms with Crippen LogP contribution in [0, 0.1) is 0 Å². The van der Waals surface area contributed by atoms with Crippen molar-refractivity contribution < 1.29 is 23.7 Å². The molecule has 0 N–H and O–H groups in total. The minimum Gasteiger partial charge on any atom is -0.480 e. The topological polar surface area (TPSA) is 79.8 Å². The molecule has 2 aromatic carbocycles. The van der Waals surface area contributed by atoms with Crippen LogP contribution in [-0.4, -0.2) is 35.8 Å². The van der Waals surface area contributed by atoms with E-state index in [-0.39, 0.29) is 6.01 Å². The summed E-state index contributed by atoms with van der Waals surface area (Å²) in [5.41, 5.74) is 0.648. The Balaban J connectivity index is 1.75. The molecular formula is C20H19ClN2O5. The van der Waals surface area contributed by atoms with Gasteiger partial charge in [-0.3, -0.25) is 0 Å². The highest BCUT2D eigenvalue weighted by Gasteiger charge is 2.16. The lowest BCUT2D eigenvalue weighted by molar-refractivity contribution is -0.150. The minimum absolute atomic E-state index is 0.139. The molecule has 0 radical (unpaired) electrons. The Morgan fingerprint density at radius 3 is 2.50 bits per heavy atom. The van der Waals surface area contributed by atoms with Crippen LogP contribution in [0.5, 0.6) is 23.4 Å². The minimum atomic E-state index is -0.702. The van der Waals surface area contributed by atoms with Gasteiger partial charge < -0.3 is 18.9 Å². The van der Waals surface area contributed by atoms with Crippen LogP contribution in [0.3, 0.4) is 0 Å². The molecule has 7 nitrogen and oxygen atoms in total. The van der Waals surface area contributed by atoms with Crippen LogP contribution in [0.1, 0.15) is 13.8 Å². The van der Waals surface area contributed by atoms with Gasteiger partial charge in [-0.1, -0.05) is 11.6 Å². The van der Waals surface area contributed by atoms with E-state index in [1.165, 1.54) is 7.11 Å². The molecule has 0 saturated carbocycles. The Bertz CT molecular complexity index is 978. The van der Waals surface area contributed by atoms with Crippen molar-refractivity contribution in [3.8, 4) is 23.4 Å². The number of fused-ring (bicyclic) bond motifs is 1. The van der Waals surface area contributed by atoms with Gasteiger partial charge in [0, 0.05) is 5.02 Å². The molecule has 28 heavy (non-hydrogen) atoms. The fourth-order valence-corrected chi connectivity index (χ4v) is 2.63. The molecule has 0 spiro atoms. The van der Waals surface area contributed by atoms with Crippen molar-refractivity contribution in [1.29, 1.82) is 0 Å². The number of esters is 1. The first-order valence-corrected chi connectivity index (χ1v) is 9.00. The van der Waals surface area contributed by atoms with Gasteiger partial charge in [-0.05, 0) is 56.3 Å². The summed E-state index contributed by atoms with van der Waals surface area (Å²) in [6.45, 7) is 3.68. The molecule has 1 unspecified atom stereocenters. The number of nitrogens with zero attached hydrogens (tertiary/aromatic N) is 2. The average molecular weight is 403 g/mol. The number of hydrogen-bond donors (Lipinski definition) is 0. The molecule has 0 saturated heterocycles. The van der Waals surface area contributed by atoms with Gasteiger partial charge in [0.15, 0.2) is 6.10 Å². The molecule has 0 aliphatic carbocycles. The van der Waals surface area contributed by atoms with E-state index >= 15 is 0 Å². The second-order valence-corrected chi connectivity index (χ2v) is 6.20. The quantitative estimate of drug-likeness (QED) is 0.541. The maximum Gasteiger partial charge on any atom is 0.347 e. The number of aromatic nitrogens is 2. The molecule has 0 fully saturated rings. The number of rotatable bonds is 7. The van der Waals surface area contributed by atoms with Crippen molar-refractivity contribution in [3.05, 3.63) is 47.5 Å². The van der Waals surface area contributed by atoms with E-state index in [9.17, 15) is 4.79 Å². The molecule has 1 heterocycles. The lowest BCUT2D eigenvalue weighted by atomic mass is 10.2. The number of methoxy groups -OCH3 is 1. The number of hydrogen-bond acceptors (Lipinski definition) is 7. The normalized spacial score (nSPS) is 11.7. The first kappa shape index (κ1) is 19.7. The summed E-state index contributed by atoms with van der Waals surface area (Å²) in [5, 5.41) is 1.26. The van der Waals surface area contributed by atoms with Gasteiger partial charge >= 0.3 is 12.0 Å². The van der Waals surface area contributed by atoms with Crippen LogP contribution < -0.4 is 14.2 Å². The molecule has 1 aromatic heterocycles. The van der Waals surface area contributed by atoms with E-state index in [4.69, 9.17) is 30.5 Å². The molecule has 3 rings (SSSR count). The maximum absolute atomic E-state index is 11.6. The van der Waals surface area contributed by atoms with Crippen LogP contribution >= 0.6 is 11.6 Å². The standard InChI is InChI=1S/C20H19ClN2O5/c1-4-26-19(24)12(2)27-14-6-8-15(9-7-14)28-20-22-17-10-5-13(21)11-16(17)18(23-20)25-3/h5-12H,4H2,1-3H3. The van der Waals surface area contributed by atoms with Crippen LogP contribution in [0.4, 0.5) is 0 Å². The molecule has 0 amide bonds. The highest BCUT2D eigenvalue weighted by atomic mass is 35.5. The number of halogens is 1. The third kappa shape index (κ3) is 4.61. The lowest BCUT2D eigenvalue weighted by Gasteiger charge is -2.13. The van der Waals surface area contributed by atoms with Gasteiger partial charge in [0.2, 0.25) is 5.88 Å². The molecule has 0 aliphatic rings. The Morgan fingerprint density at radius 2 is 1.82 bits per heavy atom. The molecule has 146 valence electrons. The fourth-order valence-electron chi connectivity index (χ4n) is 2.46. The van der Waals surface area contributed by atoms with Crippen molar-refractivity contribution in [2.45, 2.75) is 20.0 Å². The van der Waals surface area contributed by atoms with Gasteiger partial charge in [-0.25, -0.2) is 4.79 Å². The number of benzene rings is 2. The van der Waals surface area contributed by atoms with Crippen molar-refractivity contribution in [1.82, 2.24) is 9.97 Å². The average Bonchev–Trinajstić information content (AvgIpc) is 2.69. The van der Waals surface area contributed by atoms with Gasteiger partial charge in [0.25, 0.3) is 0 Å². The SMILES string of the molecule is CCOC(=O)C(C)Oc1ccc(Oc2nc(OC)c3cc(Cl)ccc3n2)cc1. The Labute approximate surface area is 167 Å². The summed E-state index contributed by atoms with van der Waals surface area (Å²) in [5.74, 6) is 0.969. The van der Waals surface area contributed by atoms with E-state index in [1.807, 2.05) is 0 Å². The molecule has 0 bridgehead atoms. The zero-order chi connectivity index (χ0) is 20.1. The molecule has 3 aromatic rings. The second-order valence-electron chi connectivity index (χ2n) is 5.76. The number of carbonyl (C=O) groups is 1. The third-order valence-electron chi connectivity index (χ3n) is 3.76. The van der Waals surface area contributed by atoms with Gasteiger partial charge in [0.1, 0.15) is 11.5 Å². The van der Waals surface area contributed by atoms with E-state index in [0.717, 1.165) is 0 Å². The monoisotopic (exact) mass is 402 g/mol. The van der Waals surface area contributed by atoms with E-state index < -0.39 is 12.1 Å². The maximum atomic E-state index is 11.6. The Hall–Kier alpha value is -3.06. The van der Waals surface area contributed by atoms with Gasteiger partial charge in [-0.2, -0.15) is 9.97 Å². The first-order valence-electron chi connectivity index (χ1n) is 8.62. The second kappa shape index (κ2) is 8.75. The molecule has 0 aliphatic heterocycles. The summed E-state index contributed by atoms with van der Waals surface area (Å²) >= 11 is 6.02. The summed E-state index contributed by atoms with van der Waals surface area (Å²) in [7, 11) is 1.52. The number of ether oxygens (including phenoxy) is 4. The van der Waals surface area contributed by atoms with Crippen LogP contribution in [0.25, 0.3) is 10.9 Å². The summed E-state index contributed by atoms with van der Waals surface area (Å²) in [4.78, 5) is 20.3. The highest BCUT2D eigenvalue weighted by Crippen LogP contribution is 2.29. The zero-order valence-electron chi connectivity index (χ0n) is 15.6. The smallest absolute Gasteiger partial charge is 0.347 e. The van der Waals surface area contributed by atoms with Gasteiger partial charge in [0.05, 0.1) is 24.6 Å².